The summed E-state index contributed by atoms with van der Waals surface area (Å²) in [6.07, 6.45) is 0.647. The molecule has 0 unspecified atom stereocenters. The van der Waals surface area contributed by atoms with E-state index in [2.05, 4.69) is 5.32 Å². The SMILES string of the molecule is Cc1cc(C(=O)NCCCOc2ccccc2)cc(S(=O)(=O)N(C)C)c1C. The minimum absolute atomic E-state index is 0.157. The van der Waals surface area contributed by atoms with Gasteiger partial charge in [0, 0.05) is 26.2 Å². The van der Waals surface area contributed by atoms with Gasteiger partial charge in [0.05, 0.1) is 11.5 Å². The predicted octanol–water partition coefficient (Wildman–Crippen LogP) is 2.75. The van der Waals surface area contributed by atoms with Crippen LogP contribution in [0.25, 0.3) is 0 Å². The zero-order valence-corrected chi connectivity index (χ0v) is 17.0. The van der Waals surface area contributed by atoms with Gasteiger partial charge in [-0.05, 0) is 55.7 Å². The first-order valence-corrected chi connectivity index (χ1v) is 10.2. The van der Waals surface area contributed by atoms with Crippen molar-refractivity contribution in [2.75, 3.05) is 27.2 Å². The van der Waals surface area contributed by atoms with E-state index in [1.807, 2.05) is 30.3 Å². The minimum atomic E-state index is -3.61. The molecule has 0 atom stereocenters. The van der Waals surface area contributed by atoms with Crippen LogP contribution in [0, 0.1) is 13.8 Å². The summed E-state index contributed by atoms with van der Waals surface area (Å²) in [5.41, 5.74) is 1.74. The molecule has 0 aliphatic heterocycles. The van der Waals surface area contributed by atoms with Crippen LogP contribution in [0.3, 0.4) is 0 Å². The van der Waals surface area contributed by atoms with E-state index in [4.69, 9.17) is 4.74 Å². The number of amides is 1. The Balaban J connectivity index is 1.99. The van der Waals surface area contributed by atoms with Crippen LogP contribution >= 0.6 is 0 Å². The lowest BCUT2D eigenvalue weighted by Crippen LogP contribution is -2.27. The zero-order valence-electron chi connectivity index (χ0n) is 16.2. The van der Waals surface area contributed by atoms with Gasteiger partial charge < -0.3 is 10.1 Å². The number of ether oxygens (including phenoxy) is 1. The molecule has 146 valence electrons. The topological polar surface area (TPSA) is 75.7 Å². The van der Waals surface area contributed by atoms with Crippen molar-refractivity contribution in [2.45, 2.75) is 25.2 Å². The highest BCUT2D eigenvalue weighted by molar-refractivity contribution is 7.89. The summed E-state index contributed by atoms with van der Waals surface area (Å²) in [5, 5.41) is 2.81. The van der Waals surface area contributed by atoms with Crippen LogP contribution in [0.1, 0.15) is 27.9 Å². The fraction of sp³-hybridized carbons (Fsp3) is 0.350. The molecule has 0 spiro atoms. The van der Waals surface area contributed by atoms with Crippen LogP contribution in [-0.4, -0.2) is 45.9 Å². The van der Waals surface area contributed by atoms with E-state index in [-0.39, 0.29) is 10.8 Å². The highest BCUT2D eigenvalue weighted by Gasteiger charge is 2.22. The number of rotatable bonds is 8. The molecule has 0 bridgehead atoms. The van der Waals surface area contributed by atoms with Crippen LogP contribution in [0.2, 0.25) is 0 Å². The molecule has 2 rings (SSSR count). The summed E-state index contributed by atoms with van der Waals surface area (Å²) in [5.74, 6) is 0.490. The second-order valence-electron chi connectivity index (χ2n) is 6.47. The van der Waals surface area contributed by atoms with Gasteiger partial charge >= 0.3 is 0 Å². The van der Waals surface area contributed by atoms with E-state index >= 15 is 0 Å². The van der Waals surface area contributed by atoms with Crippen molar-refractivity contribution in [3.05, 3.63) is 59.2 Å². The molecule has 7 heteroatoms. The van der Waals surface area contributed by atoms with Gasteiger partial charge in [0.25, 0.3) is 5.91 Å². The summed E-state index contributed by atoms with van der Waals surface area (Å²) in [4.78, 5) is 12.6. The van der Waals surface area contributed by atoms with Crippen LogP contribution in [0.15, 0.2) is 47.4 Å². The van der Waals surface area contributed by atoms with Gasteiger partial charge in [0.1, 0.15) is 5.75 Å². The van der Waals surface area contributed by atoms with Crippen molar-refractivity contribution in [3.63, 3.8) is 0 Å². The minimum Gasteiger partial charge on any atom is -0.494 e. The monoisotopic (exact) mass is 390 g/mol. The number of carbonyl (C=O) groups is 1. The van der Waals surface area contributed by atoms with Crippen molar-refractivity contribution >= 4 is 15.9 Å². The van der Waals surface area contributed by atoms with Crippen molar-refractivity contribution < 1.29 is 17.9 Å². The van der Waals surface area contributed by atoms with Crippen LogP contribution in [0.5, 0.6) is 5.75 Å². The molecule has 0 radical (unpaired) electrons. The number of para-hydroxylation sites is 1. The maximum atomic E-state index is 12.5. The Morgan fingerprint density at radius 3 is 2.41 bits per heavy atom. The Hall–Kier alpha value is -2.38. The first-order chi connectivity index (χ1) is 12.7. The molecule has 0 aliphatic rings. The highest BCUT2D eigenvalue weighted by atomic mass is 32.2. The number of hydrogen-bond acceptors (Lipinski definition) is 4. The Morgan fingerprint density at radius 2 is 1.78 bits per heavy atom. The Morgan fingerprint density at radius 1 is 1.11 bits per heavy atom. The summed E-state index contributed by atoms with van der Waals surface area (Å²) < 4.78 is 31.7. The molecule has 27 heavy (non-hydrogen) atoms. The highest BCUT2D eigenvalue weighted by Crippen LogP contribution is 2.23. The fourth-order valence-electron chi connectivity index (χ4n) is 2.51. The van der Waals surface area contributed by atoms with Gasteiger partial charge in [-0.2, -0.15) is 0 Å². The number of nitrogens with zero attached hydrogens (tertiary/aromatic N) is 1. The number of hydrogen-bond donors (Lipinski definition) is 1. The van der Waals surface area contributed by atoms with Gasteiger partial charge in [0.15, 0.2) is 0 Å². The number of carbonyl (C=O) groups excluding carboxylic acids is 1. The summed E-state index contributed by atoms with van der Waals surface area (Å²) >= 11 is 0. The summed E-state index contributed by atoms with van der Waals surface area (Å²) in [6, 6.07) is 12.6. The van der Waals surface area contributed by atoms with Crippen LogP contribution < -0.4 is 10.1 Å². The van der Waals surface area contributed by atoms with Gasteiger partial charge in [0.2, 0.25) is 10.0 Å². The van der Waals surface area contributed by atoms with Gasteiger partial charge in [-0.25, -0.2) is 12.7 Å². The number of benzene rings is 2. The second kappa shape index (κ2) is 9.01. The largest absolute Gasteiger partial charge is 0.494 e. The molecule has 0 aliphatic carbocycles. The molecule has 0 saturated heterocycles. The first-order valence-electron chi connectivity index (χ1n) is 8.73. The Kier molecular flexibility index (Phi) is 6.98. The van der Waals surface area contributed by atoms with Gasteiger partial charge in [-0.1, -0.05) is 18.2 Å². The van der Waals surface area contributed by atoms with Crippen molar-refractivity contribution in [1.82, 2.24) is 9.62 Å². The van der Waals surface area contributed by atoms with Crippen LogP contribution in [0.4, 0.5) is 0 Å². The quantitative estimate of drug-likeness (QED) is 0.703. The maximum Gasteiger partial charge on any atom is 0.251 e. The molecule has 1 amide bonds. The summed E-state index contributed by atoms with van der Waals surface area (Å²) in [6.45, 7) is 4.47. The van der Waals surface area contributed by atoms with E-state index < -0.39 is 10.0 Å². The third-order valence-corrected chi connectivity index (χ3v) is 6.20. The van der Waals surface area contributed by atoms with Crippen molar-refractivity contribution in [1.29, 1.82) is 0 Å². The van der Waals surface area contributed by atoms with Crippen molar-refractivity contribution in [2.24, 2.45) is 0 Å². The lowest BCUT2D eigenvalue weighted by atomic mass is 10.1. The third-order valence-electron chi connectivity index (χ3n) is 4.26. The Bertz CT molecular complexity index is 894. The standard InChI is InChI=1S/C20H26N2O4S/c1-15-13-17(14-19(16(15)2)27(24,25)22(3)4)20(23)21-11-8-12-26-18-9-6-5-7-10-18/h5-7,9-10,13-14H,8,11-12H2,1-4H3,(H,21,23). The summed E-state index contributed by atoms with van der Waals surface area (Å²) in [7, 11) is -0.661. The predicted molar refractivity (Wildman–Crippen MR) is 106 cm³/mol. The molecule has 0 fully saturated rings. The fourth-order valence-corrected chi connectivity index (χ4v) is 3.72. The number of nitrogens with one attached hydrogen (secondary N) is 1. The third kappa shape index (κ3) is 5.30. The number of aryl methyl sites for hydroxylation is 1. The average Bonchev–Trinajstić information content (AvgIpc) is 2.63. The smallest absolute Gasteiger partial charge is 0.251 e. The van der Waals surface area contributed by atoms with E-state index in [0.717, 1.165) is 15.6 Å². The zero-order chi connectivity index (χ0) is 20.0. The molecular formula is C20H26N2O4S. The number of sulfonamides is 1. The molecule has 0 heterocycles. The van der Waals surface area contributed by atoms with E-state index in [9.17, 15) is 13.2 Å². The maximum absolute atomic E-state index is 12.5. The van der Waals surface area contributed by atoms with Gasteiger partial charge in [-0.3, -0.25) is 4.79 Å². The van der Waals surface area contributed by atoms with E-state index in [1.54, 1.807) is 19.9 Å². The first kappa shape index (κ1) is 20.9. The molecular weight excluding hydrogens is 364 g/mol. The molecule has 1 N–H and O–H groups in total. The van der Waals surface area contributed by atoms with Crippen molar-refractivity contribution in [3.8, 4) is 5.75 Å². The molecule has 0 aromatic heterocycles. The average molecular weight is 391 g/mol. The van der Waals surface area contributed by atoms with E-state index in [1.165, 1.54) is 20.2 Å². The molecule has 0 saturated carbocycles. The lowest BCUT2D eigenvalue weighted by molar-refractivity contribution is 0.0951. The van der Waals surface area contributed by atoms with E-state index in [0.29, 0.717) is 30.7 Å². The second-order valence-corrected chi connectivity index (χ2v) is 8.59. The Labute approximate surface area is 161 Å². The molecule has 2 aromatic carbocycles. The normalized spacial score (nSPS) is 11.4. The molecule has 2 aromatic rings. The molecule has 6 nitrogen and oxygen atoms in total. The lowest BCUT2D eigenvalue weighted by Gasteiger charge is -2.16. The van der Waals surface area contributed by atoms with Gasteiger partial charge in [-0.15, -0.1) is 0 Å². The van der Waals surface area contributed by atoms with Crippen LogP contribution in [-0.2, 0) is 10.0 Å².